The fraction of sp³-hybridized carbons (Fsp3) is 0.500. The van der Waals surface area contributed by atoms with Crippen LogP contribution in [0.1, 0.15) is 31.7 Å². The van der Waals surface area contributed by atoms with E-state index in [-0.39, 0.29) is 42.4 Å². The second-order valence-corrected chi connectivity index (χ2v) is 6.14. The molecule has 0 bridgehead atoms. The van der Waals surface area contributed by atoms with Gasteiger partial charge < -0.3 is 16.4 Å². The molecule has 1 aromatic carbocycles. The number of carbonyl (C=O) groups is 2. The van der Waals surface area contributed by atoms with Gasteiger partial charge in [0.15, 0.2) is 0 Å². The highest BCUT2D eigenvalue weighted by molar-refractivity contribution is 5.87. The van der Waals surface area contributed by atoms with E-state index in [1.165, 1.54) is 18.2 Å². The van der Waals surface area contributed by atoms with E-state index in [1.54, 1.807) is 0 Å². The van der Waals surface area contributed by atoms with Crippen molar-refractivity contribution < 1.29 is 18.4 Å². The monoisotopic (exact) mass is 361 g/mol. The normalized spacial score (nSPS) is 20.1. The zero-order valence-corrected chi connectivity index (χ0v) is 14.3. The molecule has 1 fully saturated rings. The van der Waals surface area contributed by atoms with Crippen molar-refractivity contribution in [3.63, 3.8) is 0 Å². The Labute approximate surface area is 145 Å². The van der Waals surface area contributed by atoms with Crippen LogP contribution >= 0.6 is 12.4 Å². The average molecular weight is 362 g/mol. The molecule has 134 valence electrons. The van der Waals surface area contributed by atoms with Gasteiger partial charge in [0.2, 0.25) is 11.8 Å². The molecule has 1 aliphatic carbocycles. The zero-order valence-electron chi connectivity index (χ0n) is 13.5. The van der Waals surface area contributed by atoms with Gasteiger partial charge in [0, 0.05) is 17.5 Å². The van der Waals surface area contributed by atoms with Crippen molar-refractivity contribution in [3.05, 3.63) is 35.4 Å². The number of carbonyl (C=O) groups excluding carboxylic acids is 2. The summed E-state index contributed by atoms with van der Waals surface area (Å²) in [6.45, 7) is 3.41. The van der Waals surface area contributed by atoms with Crippen LogP contribution in [0.3, 0.4) is 0 Å². The Morgan fingerprint density at radius 3 is 2.42 bits per heavy atom. The maximum absolute atomic E-state index is 13.6. The minimum absolute atomic E-state index is 0. The number of hydrogen-bond donors (Lipinski definition) is 3. The molecule has 1 aliphatic rings. The molecule has 5 nitrogen and oxygen atoms in total. The minimum atomic E-state index is -0.677. The fourth-order valence-corrected chi connectivity index (χ4v) is 2.38. The van der Waals surface area contributed by atoms with E-state index in [4.69, 9.17) is 5.73 Å². The van der Waals surface area contributed by atoms with Gasteiger partial charge in [0.1, 0.15) is 11.6 Å². The molecule has 24 heavy (non-hydrogen) atoms. The van der Waals surface area contributed by atoms with Crippen molar-refractivity contribution in [2.24, 2.45) is 11.7 Å². The van der Waals surface area contributed by atoms with Crippen molar-refractivity contribution >= 4 is 24.2 Å². The zero-order chi connectivity index (χ0) is 17.1. The summed E-state index contributed by atoms with van der Waals surface area (Å²) in [5.41, 5.74) is 5.67. The van der Waals surface area contributed by atoms with Crippen LogP contribution in [0.25, 0.3) is 0 Å². The molecule has 0 heterocycles. The fourth-order valence-electron chi connectivity index (χ4n) is 2.38. The lowest BCUT2D eigenvalue weighted by Crippen LogP contribution is -2.47. The second kappa shape index (κ2) is 8.39. The second-order valence-electron chi connectivity index (χ2n) is 6.14. The van der Waals surface area contributed by atoms with Gasteiger partial charge in [-0.1, -0.05) is 19.9 Å². The van der Waals surface area contributed by atoms with Gasteiger partial charge in [-0.2, -0.15) is 0 Å². The third kappa shape index (κ3) is 4.88. The van der Waals surface area contributed by atoms with E-state index in [0.29, 0.717) is 6.42 Å². The average Bonchev–Trinajstić information content (AvgIpc) is 3.22. The van der Waals surface area contributed by atoms with Gasteiger partial charge >= 0.3 is 0 Å². The Balaban J connectivity index is 0.00000288. The molecule has 0 saturated heterocycles. The topological polar surface area (TPSA) is 84.2 Å². The Kier molecular flexibility index (Phi) is 7.10. The Morgan fingerprint density at radius 2 is 1.88 bits per heavy atom. The number of amides is 2. The SMILES string of the molecule is CC(C)[C@H](N)C(=O)NCC(=O)NC1CC1c1c(F)cccc1F.Cl. The summed E-state index contributed by atoms with van der Waals surface area (Å²) >= 11 is 0. The predicted molar refractivity (Wildman–Crippen MR) is 88.7 cm³/mol. The number of benzene rings is 1. The van der Waals surface area contributed by atoms with E-state index >= 15 is 0 Å². The van der Waals surface area contributed by atoms with Crippen molar-refractivity contribution in [2.75, 3.05) is 6.54 Å². The smallest absolute Gasteiger partial charge is 0.239 e. The van der Waals surface area contributed by atoms with Gasteiger partial charge in [-0.05, 0) is 24.5 Å². The van der Waals surface area contributed by atoms with Crippen LogP contribution in [0, 0.1) is 17.6 Å². The molecule has 4 N–H and O–H groups in total. The first-order valence-corrected chi connectivity index (χ1v) is 7.57. The molecule has 2 rings (SSSR count). The lowest BCUT2D eigenvalue weighted by Gasteiger charge is -2.15. The van der Waals surface area contributed by atoms with E-state index < -0.39 is 29.5 Å². The highest BCUT2D eigenvalue weighted by atomic mass is 35.5. The Hall–Kier alpha value is -1.73. The third-order valence-electron chi connectivity index (χ3n) is 3.95. The largest absolute Gasteiger partial charge is 0.351 e. The van der Waals surface area contributed by atoms with E-state index in [2.05, 4.69) is 10.6 Å². The van der Waals surface area contributed by atoms with Crippen LogP contribution in [0.5, 0.6) is 0 Å². The highest BCUT2D eigenvalue weighted by Crippen LogP contribution is 2.42. The van der Waals surface area contributed by atoms with E-state index in [0.717, 1.165) is 0 Å². The first kappa shape index (κ1) is 20.3. The summed E-state index contributed by atoms with van der Waals surface area (Å²) in [4.78, 5) is 23.4. The first-order chi connectivity index (χ1) is 10.8. The Bertz CT molecular complexity index is 593. The third-order valence-corrected chi connectivity index (χ3v) is 3.95. The molecule has 1 aromatic rings. The van der Waals surface area contributed by atoms with Crippen LogP contribution in [0.2, 0.25) is 0 Å². The van der Waals surface area contributed by atoms with Crippen LogP contribution in [-0.2, 0) is 9.59 Å². The molecule has 0 aliphatic heterocycles. The highest BCUT2D eigenvalue weighted by Gasteiger charge is 2.42. The molecular weight excluding hydrogens is 340 g/mol. The number of nitrogens with one attached hydrogen (secondary N) is 2. The summed E-state index contributed by atoms with van der Waals surface area (Å²) in [6.07, 6.45) is 0.475. The van der Waals surface area contributed by atoms with Crippen LogP contribution in [-0.4, -0.2) is 30.4 Å². The van der Waals surface area contributed by atoms with Crippen LogP contribution < -0.4 is 16.4 Å². The van der Waals surface area contributed by atoms with Crippen molar-refractivity contribution in [1.82, 2.24) is 10.6 Å². The number of halogens is 3. The summed E-state index contributed by atoms with van der Waals surface area (Å²) in [5, 5.41) is 5.10. The van der Waals surface area contributed by atoms with Gasteiger partial charge in [-0.25, -0.2) is 8.78 Å². The van der Waals surface area contributed by atoms with Crippen molar-refractivity contribution in [2.45, 2.75) is 38.3 Å². The lowest BCUT2D eigenvalue weighted by molar-refractivity contribution is -0.127. The van der Waals surface area contributed by atoms with Gasteiger partial charge in [0.05, 0.1) is 12.6 Å². The first-order valence-electron chi connectivity index (χ1n) is 7.57. The maximum Gasteiger partial charge on any atom is 0.239 e. The standard InChI is InChI=1S/C16H21F2N3O2.ClH/c1-8(2)15(19)16(23)20-7-13(22)21-12-6-9(12)14-10(17)4-3-5-11(14)18;/h3-5,8-9,12,15H,6-7,19H2,1-2H3,(H,20,23)(H,21,22);1H/t9?,12?,15-;/m0./s1. The molecule has 0 aromatic heterocycles. The minimum Gasteiger partial charge on any atom is -0.351 e. The maximum atomic E-state index is 13.6. The van der Waals surface area contributed by atoms with Gasteiger partial charge in [0.25, 0.3) is 0 Å². The van der Waals surface area contributed by atoms with Gasteiger partial charge in [-0.3, -0.25) is 9.59 Å². The van der Waals surface area contributed by atoms with Crippen molar-refractivity contribution in [1.29, 1.82) is 0 Å². The number of nitrogens with two attached hydrogens (primary N) is 1. The molecule has 2 unspecified atom stereocenters. The summed E-state index contributed by atoms with van der Waals surface area (Å²) in [6, 6.07) is 2.71. The summed E-state index contributed by atoms with van der Waals surface area (Å²) < 4.78 is 27.3. The van der Waals surface area contributed by atoms with Crippen LogP contribution in [0.15, 0.2) is 18.2 Å². The Morgan fingerprint density at radius 1 is 1.29 bits per heavy atom. The summed E-state index contributed by atoms with van der Waals surface area (Å²) in [7, 11) is 0. The molecule has 8 heteroatoms. The lowest BCUT2D eigenvalue weighted by atomic mass is 10.1. The molecule has 2 amide bonds. The number of rotatable bonds is 6. The molecule has 3 atom stereocenters. The molecule has 0 spiro atoms. The molecule has 1 saturated carbocycles. The van der Waals surface area contributed by atoms with E-state index in [1.807, 2.05) is 13.8 Å². The quantitative estimate of drug-likeness (QED) is 0.717. The van der Waals surface area contributed by atoms with Crippen molar-refractivity contribution in [3.8, 4) is 0 Å². The predicted octanol–water partition coefficient (Wildman–Crippen LogP) is 1.46. The molecule has 0 radical (unpaired) electrons. The number of hydrogen-bond acceptors (Lipinski definition) is 3. The summed E-state index contributed by atoms with van der Waals surface area (Å²) in [5.74, 6) is -2.42. The van der Waals surface area contributed by atoms with E-state index in [9.17, 15) is 18.4 Å². The van der Waals surface area contributed by atoms with Gasteiger partial charge in [-0.15, -0.1) is 12.4 Å². The molecular formula is C16H22ClF2N3O2. The van der Waals surface area contributed by atoms with Crippen LogP contribution in [0.4, 0.5) is 8.78 Å².